The number of hydrogen-bond acceptors (Lipinski definition) is 6. The van der Waals surface area contributed by atoms with E-state index in [0.29, 0.717) is 38.3 Å². The first-order valence-electron chi connectivity index (χ1n) is 9.59. The number of anilines is 1. The van der Waals surface area contributed by atoms with Crippen LogP contribution in [0.15, 0.2) is 70.4 Å². The van der Waals surface area contributed by atoms with Gasteiger partial charge in [-0.3, -0.25) is 9.59 Å². The maximum absolute atomic E-state index is 13.5. The number of dihydropyridines is 1. The van der Waals surface area contributed by atoms with Gasteiger partial charge in [-0.2, -0.15) is 5.26 Å². The summed E-state index contributed by atoms with van der Waals surface area (Å²) in [5, 5.41) is 16.9. The third kappa shape index (κ3) is 4.90. The number of amides is 2. The number of nitrogens with two attached hydrogens (primary N) is 1. The largest absolute Gasteiger partial charge is 0.495 e. The molecular formula is C23H21ClN4O3S. The van der Waals surface area contributed by atoms with Crippen molar-refractivity contribution >= 4 is 40.9 Å². The Kier molecular flexibility index (Phi) is 7.46. The van der Waals surface area contributed by atoms with Crippen molar-refractivity contribution in [2.75, 3.05) is 18.2 Å². The minimum absolute atomic E-state index is 0.0151. The second kappa shape index (κ2) is 10.3. The first kappa shape index (κ1) is 23.3. The fourth-order valence-electron chi connectivity index (χ4n) is 3.43. The van der Waals surface area contributed by atoms with Gasteiger partial charge in [-0.15, -0.1) is 0 Å². The molecule has 0 radical (unpaired) electrons. The van der Waals surface area contributed by atoms with Crippen LogP contribution >= 0.6 is 23.4 Å². The Bertz CT molecular complexity index is 1170. The summed E-state index contributed by atoms with van der Waals surface area (Å²) in [4.78, 5) is 24.8. The molecule has 1 aliphatic rings. The van der Waals surface area contributed by atoms with Crippen molar-refractivity contribution in [3.05, 3.63) is 81.0 Å². The Morgan fingerprint density at radius 1 is 1.25 bits per heavy atom. The Hall–Kier alpha value is -3.41. The van der Waals surface area contributed by atoms with Gasteiger partial charge in [0.1, 0.15) is 5.75 Å². The van der Waals surface area contributed by atoms with Gasteiger partial charge in [-0.1, -0.05) is 53.7 Å². The number of thioether (sulfide) groups is 1. The fourth-order valence-corrected chi connectivity index (χ4v) is 4.50. The van der Waals surface area contributed by atoms with E-state index in [4.69, 9.17) is 22.1 Å². The van der Waals surface area contributed by atoms with Crippen molar-refractivity contribution in [2.45, 2.75) is 12.8 Å². The highest BCUT2D eigenvalue weighted by Gasteiger charge is 2.36. The Labute approximate surface area is 195 Å². The van der Waals surface area contributed by atoms with Crippen LogP contribution in [-0.2, 0) is 9.59 Å². The topological polar surface area (TPSA) is 117 Å². The quantitative estimate of drug-likeness (QED) is 0.567. The fraction of sp³-hybridized carbons (Fsp3) is 0.174. The maximum atomic E-state index is 13.5. The number of hydrogen-bond donors (Lipinski definition) is 3. The lowest BCUT2D eigenvalue weighted by Crippen LogP contribution is -2.31. The van der Waals surface area contributed by atoms with E-state index < -0.39 is 17.7 Å². The SMILES string of the molecule is COc1ccccc1NC(=O)C1=C(C)NC(SCC(N)=O)=C(C#N)[C@@H]1c1ccccc1Cl. The second-order valence-corrected chi connectivity index (χ2v) is 8.27. The highest BCUT2D eigenvalue weighted by atomic mass is 35.5. The van der Waals surface area contributed by atoms with Gasteiger partial charge in [0, 0.05) is 16.3 Å². The van der Waals surface area contributed by atoms with Crippen molar-refractivity contribution in [1.29, 1.82) is 5.26 Å². The van der Waals surface area contributed by atoms with Crippen LogP contribution in [0.3, 0.4) is 0 Å². The smallest absolute Gasteiger partial charge is 0.254 e. The lowest BCUT2D eigenvalue weighted by Gasteiger charge is -2.30. The number of benzene rings is 2. The second-order valence-electron chi connectivity index (χ2n) is 6.88. The zero-order valence-corrected chi connectivity index (χ0v) is 19.0. The summed E-state index contributed by atoms with van der Waals surface area (Å²) in [6, 6.07) is 16.3. The van der Waals surface area contributed by atoms with E-state index in [1.807, 2.05) is 0 Å². The number of rotatable bonds is 7. The lowest BCUT2D eigenvalue weighted by atomic mass is 9.82. The normalized spacial score (nSPS) is 15.6. The summed E-state index contributed by atoms with van der Waals surface area (Å²) in [5.74, 6) is -1.17. The monoisotopic (exact) mass is 468 g/mol. The Balaban J connectivity index is 2.10. The van der Waals surface area contributed by atoms with Crippen LogP contribution in [0, 0.1) is 11.3 Å². The number of primary amides is 1. The van der Waals surface area contributed by atoms with Gasteiger partial charge in [0.25, 0.3) is 5.91 Å². The zero-order chi connectivity index (χ0) is 23.3. The predicted molar refractivity (Wildman–Crippen MR) is 126 cm³/mol. The molecule has 9 heteroatoms. The number of allylic oxidation sites excluding steroid dienone is 2. The number of ether oxygens (including phenoxy) is 1. The predicted octanol–water partition coefficient (Wildman–Crippen LogP) is 3.90. The van der Waals surface area contributed by atoms with Gasteiger partial charge in [0.05, 0.1) is 41.1 Å². The highest BCUT2D eigenvalue weighted by molar-refractivity contribution is 8.03. The summed E-state index contributed by atoms with van der Waals surface area (Å²) in [6.07, 6.45) is 0. The van der Waals surface area contributed by atoms with Gasteiger partial charge in [0.2, 0.25) is 5.91 Å². The molecule has 2 amide bonds. The Morgan fingerprint density at radius 3 is 2.59 bits per heavy atom. The van der Waals surface area contributed by atoms with E-state index in [1.165, 1.54) is 7.11 Å². The molecule has 0 bridgehead atoms. The van der Waals surface area contributed by atoms with Gasteiger partial charge in [0.15, 0.2) is 0 Å². The number of halogens is 1. The van der Waals surface area contributed by atoms with Crippen LogP contribution in [0.5, 0.6) is 5.75 Å². The third-order valence-corrected chi connectivity index (χ3v) is 6.21. The molecule has 1 aliphatic heterocycles. The first-order chi connectivity index (χ1) is 15.4. The van der Waals surface area contributed by atoms with Crippen molar-refractivity contribution in [1.82, 2.24) is 5.32 Å². The molecule has 0 unspecified atom stereocenters. The summed E-state index contributed by atoms with van der Waals surface area (Å²) in [5.41, 5.74) is 7.54. The summed E-state index contributed by atoms with van der Waals surface area (Å²) in [7, 11) is 1.52. The van der Waals surface area contributed by atoms with E-state index in [0.717, 1.165) is 11.8 Å². The molecule has 0 saturated heterocycles. The molecular weight excluding hydrogens is 448 g/mol. The molecule has 1 atom stereocenters. The van der Waals surface area contributed by atoms with Crippen molar-refractivity contribution < 1.29 is 14.3 Å². The summed E-state index contributed by atoms with van der Waals surface area (Å²) >= 11 is 7.59. The molecule has 32 heavy (non-hydrogen) atoms. The molecule has 4 N–H and O–H groups in total. The standard InChI is InChI=1S/C23H21ClN4O3S/c1-13-20(22(30)28-17-9-5-6-10-18(17)31-2)21(14-7-3-4-8-16(14)24)15(11-25)23(27-13)32-12-19(26)29/h3-10,21,27H,12H2,1-2H3,(H2,26,29)(H,28,30)/t21-/m0/s1. The minimum atomic E-state index is -0.736. The van der Waals surface area contributed by atoms with Crippen LogP contribution in [-0.4, -0.2) is 24.7 Å². The molecule has 3 rings (SSSR count). The minimum Gasteiger partial charge on any atom is -0.495 e. The molecule has 0 fully saturated rings. The van der Waals surface area contributed by atoms with Gasteiger partial charge < -0.3 is 21.1 Å². The maximum Gasteiger partial charge on any atom is 0.254 e. The highest BCUT2D eigenvalue weighted by Crippen LogP contribution is 2.43. The van der Waals surface area contributed by atoms with E-state index in [2.05, 4.69) is 16.7 Å². The molecule has 0 spiro atoms. The van der Waals surface area contributed by atoms with Crippen LogP contribution in [0.4, 0.5) is 5.69 Å². The summed E-state index contributed by atoms with van der Waals surface area (Å²) in [6.45, 7) is 1.74. The van der Waals surface area contributed by atoms with E-state index in [9.17, 15) is 14.9 Å². The van der Waals surface area contributed by atoms with Crippen molar-refractivity contribution in [3.63, 3.8) is 0 Å². The number of carbonyl (C=O) groups is 2. The average Bonchev–Trinajstić information content (AvgIpc) is 2.77. The number of methoxy groups -OCH3 is 1. The number of para-hydroxylation sites is 2. The molecule has 0 aromatic heterocycles. The lowest BCUT2D eigenvalue weighted by molar-refractivity contribution is -0.115. The molecule has 2 aromatic rings. The van der Waals surface area contributed by atoms with E-state index in [1.54, 1.807) is 55.5 Å². The molecule has 2 aromatic carbocycles. The third-order valence-electron chi connectivity index (χ3n) is 4.82. The van der Waals surface area contributed by atoms with Gasteiger partial charge in [-0.25, -0.2) is 0 Å². The molecule has 0 saturated carbocycles. The number of nitrogens with zero attached hydrogens (tertiary/aromatic N) is 1. The first-order valence-corrected chi connectivity index (χ1v) is 11.0. The Morgan fingerprint density at radius 2 is 1.94 bits per heavy atom. The van der Waals surface area contributed by atoms with E-state index in [-0.39, 0.29) is 11.3 Å². The number of nitriles is 1. The van der Waals surface area contributed by atoms with Crippen molar-refractivity contribution in [3.8, 4) is 11.8 Å². The zero-order valence-electron chi connectivity index (χ0n) is 17.4. The van der Waals surface area contributed by atoms with Gasteiger partial charge >= 0.3 is 0 Å². The molecule has 1 heterocycles. The number of nitrogens with one attached hydrogen (secondary N) is 2. The van der Waals surface area contributed by atoms with Crippen LogP contribution in [0.1, 0.15) is 18.4 Å². The number of carbonyl (C=O) groups excluding carboxylic acids is 2. The van der Waals surface area contributed by atoms with Crippen LogP contribution in [0.2, 0.25) is 5.02 Å². The summed E-state index contributed by atoms with van der Waals surface area (Å²) < 4.78 is 5.33. The molecule has 7 nitrogen and oxygen atoms in total. The molecule has 164 valence electrons. The van der Waals surface area contributed by atoms with Crippen LogP contribution in [0.25, 0.3) is 0 Å². The van der Waals surface area contributed by atoms with Gasteiger partial charge in [-0.05, 0) is 30.7 Å². The van der Waals surface area contributed by atoms with E-state index >= 15 is 0 Å². The average molecular weight is 469 g/mol. The van der Waals surface area contributed by atoms with Crippen molar-refractivity contribution in [2.24, 2.45) is 5.73 Å². The molecule has 0 aliphatic carbocycles. The van der Waals surface area contributed by atoms with Crippen LogP contribution < -0.4 is 21.1 Å².